The van der Waals surface area contributed by atoms with E-state index in [9.17, 15) is 14.0 Å². The molecule has 7 heteroatoms. The molecule has 2 aliphatic rings. The highest BCUT2D eigenvalue weighted by Crippen LogP contribution is 2.46. The van der Waals surface area contributed by atoms with Crippen molar-refractivity contribution in [2.45, 2.75) is 38.5 Å². The summed E-state index contributed by atoms with van der Waals surface area (Å²) in [6.07, 6.45) is 1.10. The van der Waals surface area contributed by atoms with Gasteiger partial charge >= 0.3 is 5.97 Å². The molecular formula is C25H26FNO3S2. The second kappa shape index (κ2) is 10.0. The van der Waals surface area contributed by atoms with Crippen LogP contribution in [-0.2, 0) is 14.3 Å². The summed E-state index contributed by atoms with van der Waals surface area (Å²) in [5.41, 5.74) is 3.29. The number of hydrogen-bond donors (Lipinski definition) is 1. The fourth-order valence-electron chi connectivity index (χ4n) is 4.44. The molecule has 0 radical (unpaired) electrons. The van der Waals surface area contributed by atoms with E-state index in [-0.39, 0.29) is 17.5 Å². The maximum atomic E-state index is 13.6. The lowest BCUT2D eigenvalue weighted by Gasteiger charge is -2.36. The van der Waals surface area contributed by atoms with Crippen molar-refractivity contribution in [1.29, 1.82) is 0 Å². The maximum absolute atomic E-state index is 13.6. The molecule has 32 heavy (non-hydrogen) atoms. The number of rotatable bonds is 7. The normalized spacial score (nSPS) is 20.8. The Morgan fingerprint density at radius 1 is 1.25 bits per heavy atom. The second-order valence-corrected chi connectivity index (χ2v) is 10.3. The van der Waals surface area contributed by atoms with E-state index >= 15 is 0 Å². The van der Waals surface area contributed by atoms with Gasteiger partial charge in [0.05, 0.1) is 5.57 Å². The van der Waals surface area contributed by atoms with Crippen LogP contribution in [0.1, 0.15) is 49.0 Å². The number of Topliss-reactive ketones (excluding diaryl/α,β-unsaturated/α-hetero) is 1. The van der Waals surface area contributed by atoms with Gasteiger partial charge in [-0.2, -0.15) is 11.8 Å². The lowest BCUT2D eigenvalue weighted by molar-refractivity contribution is -0.138. The highest BCUT2D eigenvalue weighted by atomic mass is 32.2. The van der Waals surface area contributed by atoms with Crippen molar-refractivity contribution in [1.82, 2.24) is 5.32 Å². The summed E-state index contributed by atoms with van der Waals surface area (Å²) >= 11 is 3.36. The quantitative estimate of drug-likeness (QED) is 0.424. The first-order valence-corrected chi connectivity index (χ1v) is 12.8. The van der Waals surface area contributed by atoms with Crippen molar-refractivity contribution in [3.8, 4) is 0 Å². The van der Waals surface area contributed by atoms with Crippen molar-refractivity contribution >= 4 is 34.9 Å². The van der Waals surface area contributed by atoms with Crippen LogP contribution in [0.3, 0.4) is 0 Å². The Hall–Kier alpha value is -2.38. The maximum Gasteiger partial charge on any atom is 0.336 e. The molecule has 1 aliphatic carbocycles. The molecule has 4 rings (SSSR count). The van der Waals surface area contributed by atoms with Crippen molar-refractivity contribution in [3.05, 3.63) is 80.6 Å². The van der Waals surface area contributed by atoms with Gasteiger partial charge in [-0.05, 0) is 48.2 Å². The third-order valence-corrected chi connectivity index (χ3v) is 7.76. The molecule has 0 fully saturated rings. The van der Waals surface area contributed by atoms with Crippen LogP contribution in [0.5, 0.6) is 0 Å². The van der Waals surface area contributed by atoms with E-state index in [0.29, 0.717) is 36.3 Å². The summed E-state index contributed by atoms with van der Waals surface area (Å²) in [5, 5.41) is 5.37. The van der Waals surface area contributed by atoms with Gasteiger partial charge in [0, 0.05) is 45.9 Å². The van der Waals surface area contributed by atoms with Crippen LogP contribution < -0.4 is 5.32 Å². The van der Waals surface area contributed by atoms with Crippen LogP contribution in [0.2, 0.25) is 0 Å². The number of nitrogens with one attached hydrogen (secondary N) is 1. The summed E-state index contributed by atoms with van der Waals surface area (Å²) in [5.74, 6) is 0.468. The number of thioether (sulfide) groups is 1. The molecule has 0 saturated carbocycles. The highest BCUT2D eigenvalue weighted by Gasteiger charge is 2.41. The molecule has 1 aromatic carbocycles. The third-order valence-electron chi connectivity index (χ3n) is 5.86. The fraction of sp³-hybridized carbons (Fsp3) is 0.360. The SMILES string of the molecule is CCSCCOC(=O)C1=C(C)NC2=C(C(=O)CC(c3cccs3)C2)C1c1ccc(F)cc1. The van der Waals surface area contributed by atoms with Crippen LogP contribution in [0.25, 0.3) is 0 Å². The first-order chi connectivity index (χ1) is 15.5. The van der Waals surface area contributed by atoms with E-state index in [1.54, 1.807) is 35.2 Å². The number of allylic oxidation sites excluding steroid dienone is 3. The smallest absolute Gasteiger partial charge is 0.336 e. The predicted octanol–water partition coefficient (Wildman–Crippen LogP) is 5.55. The lowest BCUT2D eigenvalue weighted by Crippen LogP contribution is -2.36. The summed E-state index contributed by atoms with van der Waals surface area (Å²) in [4.78, 5) is 27.7. The van der Waals surface area contributed by atoms with Crippen LogP contribution >= 0.6 is 23.1 Å². The molecule has 2 atom stereocenters. The fourth-order valence-corrected chi connectivity index (χ4v) is 5.76. The van der Waals surface area contributed by atoms with Crippen molar-refractivity contribution in [2.24, 2.45) is 0 Å². The van der Waals surface area contributed by atoms with E-state index in [4.69, 9.17) is 4.74 Å². The Balaban J connectivity index is 1.70. The van der Waals surface area contributed by atoms with Crippen molar-refractivity contribution in [2.75, 3.05) is 18.1 Å². The van der Waals surface area contributed by atoms with Gasteiger partial charge in [0.2, 0.25) is 0 Å². The number of ketones is 1. The van der Waals surface area contributed by atoms with E-state index in [1.165, 1.54) is 17.0 Å². The summed E-state index contributed by atoms with van der Waals surface area (Å²) < 4.78 is 19.2. The molecule has 0 spiro atoms. The first-order valence-electron chi connectivity index (χ1n) is 10.8. The Morgan fingerprint density at radius 3 is 2.72 bits per heavy atom. The summed E-state index contributed by atoms with van der Waals surface area (Å²) in [6.45, 7) is 4.21. The van der Waals surface area contributed by atoms with E-state index < -0.39 is 11.9 Å². The molecule has 2 unspecified atom stereocenters. The minimum absolute atomic E-state index is 0.0193. The van der Waals surface area contributed by atoms with E-state index in [2.05, 4.69) is 18.3 Å². The Kier molecular flexibility index (Phi) is 7.16. The van der Waals surface area contributed by atoms with E-state index in [0.717, 1.165) is 22.8 Å². The molecule has 2 heterocycles. The molecule has 0 bridgehead atoms. The number of hydrogen-bond acceptors (Lipinski definition) is 6. The summed E-state index contributed by atoms with van der Waals surface area (Å²) in [7, 11) is 0. The first kappa shape index (κ1) is 22.8. The average Bonchev–Trinajstić information content (AvgIpc) is 3.31. The average molecular weight is 472 g/mol. The summed E-state index contributed by atoms with van der Waals surface area (Å²) in [6, 6.07) is 10.1. The minimum Gasteiger partial charge on any atom is -0.461 e. The molecule has 0 saturated heterocycles. The molecule has 1 aromatic heterocycles. The largest absolute Gasteiger partial charge is 0.461 e. The van der Waals surface area contributed by atoms with Crippen LogP contribution in [0.4, 0.5) is 4.39 Å². The Morgan fingerprint density at radius 2 is 2.03 bits per heavy atom. The number of thiophene rings is 1. The molecule has 168 valence electrons. The van der Waals surface area contributed by atoms with Gasteiger partial charge in [0.1, 0.15) is 12.4 Å². The third kappa shape index (κ3) is 4.69. The van der Waals surface area contributed by atoms with Crippen LogP contribution in [-0.4, -0.2) is 29.9 Å². The topological polar surface area (TPSA) is 55.4 Å². The number of benzene rings is 1. The second-order valence-electron chi connectivity index (χ2n) is 7.92. The van der Waals surface area contributed by atoms with Gasteiger partial charge < -0.3 is 10.1 Å². The zero-order chi connectivity index (χ0) is 22.7. The highest BCUT2D eigenvalue weighted by molar-refractivity contribution is 7.99. The number of carbonyl (C=O) groups excluding carboxylic acids is 2. The number of esters is 1. The lowest BCUT2D eigenvalue weighted by atomic mass is 9.72. The number of halogens is 1. The van der Waals surface area contributed by atoms with Crippen LogP contribution in [0.15, 0.2) is 64.3 Å². The van der Waals surface area contributed by atoms with Gasteiger partial charge in [0.25, 0.3) is 0 Å². The van der Waals surface area contributed by atoms with Gasteiger partial charge in [0.15, 0.2) is 5.78 Å². The Bertz CT molecular complexity index is 1060. The standard InChI is InChI=1S/C25H26FNO3S2/c1-3-31-12-10-30-25(29)22-15(2)27-19-13-17(21-5-4-11-32-21)14-20(28)24(19)23(22)16-6-8-18(26)9-7-16/h4-9,11,17,23,27H,3,10,12-14H2,1-2H3. The van der Waals surface area contributed by atoms with E-state index in [1.807, 2.05) is 18.4 Å². The van der Waals surface area contributed by atoms with Gasteiger partial charge in [-0.1, -0.05) is 25.1 Å². The van der Waals surface area contributed by atoms with Crippen LogP contribution in [0, 0.1) is 5.82 Å². The predicted molar refractivity (Wildman–Crippen MR) is 127 cm³/mol. The monoisotopic (exact) mass is 471 g/mol. The van der Waals surface area contributed by atoms with Gasteiger partial charge in [-0.3, -0.25) is 4.79 Å². The molecule has 2 aromatic rings. The van der Waals surface area contributed by atoms with Gasteiger partial charge in [-0.15, -0.1) is 11.3 Å². The molecule has 1 N–H and O–H groups in total. The number of ether oxygens (including phenoxy) is 1. The molecule has 0 amide bonds. The van der Waals surface area contributed by atoms with Gasteiger partial charge in [-0.25, -0.2) is 9.18 Å². The van der Waals surface area contributed by atoms with Crippen molar-refractivity contribution < 1.29 is 18.7 Å². The zero-order valence-corrected chi connectivity index (χ0v) is 19.8. The Labute approximate surface area is 195 Å². The molecule has 1 aliphatic heterocycles. The number of carbonyl (C=O) groups is 2. The molecular weight excluding hydrogens is 445 g/mol. The van der Waals surface area contributed by atoms with Crippen molar-refractivity contribution in [3.63, 3.8) is 0 Å². The molecule has 4 nitrogen and oxygen atoms in total. The zero-order valence-electron chi connectivity index (χ0n) is 18.2. The minimum atomic E-state index is -0.560. The number of dihydropyridines is 1.